The first-order valence-corrected chi connectivity index (χ1v) is 11.1. The molecule has 0 aromatic heterocycles. The second-order valence-corrected chi connectivity index (χ2v) is 8.48. The Labute approximate surface area is 205 Å². The zero-order valence-electron chi connectivity index (χ0n) is 16.8. The van der Waals surface area contributed by atoms with Crippen LogP contribution >= 0.6 is 0 Å². The molecule has 152 valence electrons. The third-order valence-corrected chi connectivity index (χ3v) is 5.42. The Morgan fingerprint density at radius 1 is 0.900 bits per heavy atom. The number of hydrogen-bond donors (Lipinski definition) is 1. The van der Waals surface area contributed by atoms with Crippen LogP contribution in [-0.4, -0.2) is 15.4 Å². The number of hydrogen-bond acceptors (Lipinski definition) is 1. The first-order chi connectivity index (χ1) is 13.8. The van der Waals surface area contributed by atoms with E-state index in [2.05, 4.69) is 82.6 Å². The average Bonchev–Trinajstić information content (AvgIpc) is 3.28. The molecule has 1 nitrogen and oxygen atoms in total. The van der Waals surface area contributed by atoms with Crippen LogP contribution in [0.4, 0.5) is 0 Å². The van der Waals surface area contributed by atoms with Crippen LogP contribution in [0.1, 0.15) is 36.0 Å². The summed E-state index contributed by atoms with van der Waals surface area (Å²) in [5.74, 6) is 0.262. The topological polar surface area (TPSA) is 20.2 Å². The Kier molecular flexibility index (Phi) is 9.32. The molecule has 1 aliphatic rings. The molecule has 1 unspecified atom stereocenters. The smallest absolute Gasteiger partial charge is 0.0471 e. The molecule has 1 aliphatic carbocycles. The van der Waals surface area contributed by atoms with E-state index < -0.39 is 0 Å². The first kappa shape index (κ1) is 24.8. The fourth-order valence-electron chi connectivity index (χ4n) is 4.31. The van der Waals surface area contributed by atoms with Crippen LogP contribution in [0, 0.1) is 0 Å². The molecular formula is C26H23Cl2OZr-. The Morgan fingerprint density at radius 2 is 1.53 bits per heavy atom. The first-order valence-electron chi connectivity index (χ1n) is 9.71. The quantitative estimate of drug-likeness (QED) is 0.382. The predicted octanol–water partition coefficient (Wildman–Crippen LogP) is -0.0135. The second kappa shape index (κ2) is 11.3. The van der Waals surface area contributed by atoms with Gasteiger partial charge in [0.2, 0.25) is 0 Å². The number of rotatable bonds is 3. The van der Waals surface area contributed by atoms with Crippen LogP contribution in [0.3, 0.4) is 0 Å². The molecule has 0 radical (unpaired) electrons. The van der Waals surface area contributed by atoms with Crippen molar-refractivity contribution in [1.29, 1.82) is 0 Å². The molecular weight excluding hydrogens is 490 g/mol. The molecule has 1 atom stereocenters. The number of halogens is 2. The zero-order valence-corrected chi connectivity index (χ0v) is 20.7. The van der Waals surface area contributed by atoms with Gasteiger partial charge in [-0.25, -0.2) is 0 Å². The summed E-state index contributed by atoms with van der Waals surface area (Å²) in [6, 6.07) is 26.2. The number of aliphatic hydroxyl groups excluding tert-OH is 1. The molecule has 1 N–H and O–H groups in total. The van der Waals surface area contributed by atoms with Crippen LogP contribution in [0.15, 0.2) is 78.9 Å². The molecule has 0 aliphatic heterocycles. The summed E-state index contributed by atoms with van der Waals surface area (Å²) in [4.78, 5) is 0. The summed E-state index contributed by atoms with van der Waals surface area (Å²) in [6.45, 7) is 2.23. The number of fused-ring (bicyclic) bond motifs is 4. The van der Waals surface area contributed by atoms with Crippen LogP contribution in [0.2, 0.25) is 0 Å². The molecule has 0 heterocycles. The van der Waals surface area contributed by atoms with E-state index in [0.29, 0.717) is 6.42 Å². The molecule has 0 saturated carbocycles. The van der Waals surface area contributed by atoms with Crippen molar-refractivity contribution in [1.82, 2.24) is 0 Å². The van der Waals surface area contributed by atoms with Gasteiger partial charge < -0.3 is 29.9 Å². The van der Waals surface area contributed by atoms with Crippen molar-refractivity contribution in [2.45, 2.75) is 19.3 Å². The van der Waals surface area contributed by atoms with Crippen LogP contribution < -0.4 is 24.8 Å². The normalized spacial score (nSPS) is 14.1. The summed E-state index contributed by atoms with van der Waals surface area (Å²) < 4.78 is 2.09. The van der Waals surface area contributed by atoms with E-state index in [-0.39, 0.29) is 37.3 Å². The van der Waals surface area contributed by atoms with E-state index in [1.165, 1.54) is 68.0 Å². The van der Waals surface area contributed by atoms with Gasteiger partial charge >= 0.3 is 34.9 Å². The van der Waals surface area contributed by atoms with Crippen LogP contribution in [-0.2, 0) is 24.2 Å². The van der Waals surface area contributed by atoms with Gasteiger partial charge in [0.15, 0.2) is 0 Å². The fourth-order valence-corrected chi connectivity index (χ4v) is 4.31. The van der Waals surface area contributed by atoms with Gasteiger partial charge in [-0.2, -0.15) is 0 Å². The van der Waals surface area contributed by atoms with Gasteiger partial charge in [0.25, 0.3) is 0 Å². The number of benzene rings is 3. The van der Waals surface area contributed by atoms with E-state index in [1.54, 1.807) is 0 Å². The number of allylic oxidation sites excluding steroid dienone is 1. The van der Waals surface area contributed by atoms with Crippen molar-refractivity contribution >= 4 is 30.8 Å². The van der Waals surface area contributed by atoms with E-state index in [0.717, 1.165) is 0 Å². The summed E-state index contributed by atoms with van der Waals surface area (Å²) in [6.07, 6.45) is 3.06. The maximum atomic E-state index is 9.44. The van der Waals surface area contributed by atoms with E-state index in [9.17, 15) is 5.11 Å². The van der Waals surface area contributed by atoms with Gasteiger partial charge in [-0.15, -0.1) is 33.7 Å². The predicted molar refractivity (Wildman–Crippen MR) is 117 cm³/mol. The maximum absolute atomic E-state index is 9.44. The van der Waals surface area contributed by atoms with Gasteiger partial charge in [0.05, 0.1) is 0 Å². The minimum absolute atomic E-state index is 0. The van der Waals surface area contributed by atoms with Gasteiger partial charge in [0.1, 0.15) is 0 Å². The fraction of sp³-hybridized carbons (Fsp3) is 0.154. The van der Waals surface area contributed by atoms with E-state index in [1.807, 2.05) is 6.92 Å². The monoisotopic (exact) mass is 511 g/mol. The summed E-state index contributed by atoms with van der Waals surface area (Å²) >= 11 is 1.51. The molecule has 4 aromatic carbocycles. The molecule has 0 bridgehead atoms. The van der Waals surface area contributed by atoms with Crippen molar-refractivity contribution in [3.8, 4) is 0 Å². The Hall–Kier alpha value is -1.44. The average molecular weight is 514 g/mol. The minimum atomic E-state index is 0. The van der Waals surface area contributed by atoms with Gasteiger partial charge in [-0.05, 0) is 23.1 Å². The van der Waals surface area contributed by atoms with Gasteiger partial charge in [-0.3, -0.25) is 0 Å². The standard InChI is InChI=1S/C24H19O.C2H4.2ClH.Zr/c25-13-12-17-15-24(20-9-4-3-8-19(17)20)22-11-5-10-21-18-7-2-1-6-16(18)14-23(21)22;1-2;;;/h1-11,14-15,24-25H,12-13H2;1H,2H3;2*1H;/q-1;;;;+2/p-2. The van der Waals surface area contributed by atoms with Crippen molar-refractivity contribution < 1.29 is 54.2 Å². The third-order valence-electron chi connectivity index (χ3n) is 5.42. The zero-order chi connectivity index (χ0) is 19.5. The van der Waals surface area contributed by atoms with Crippen molar-refractivity contribution in [2.24, 2.45) is 0 Å². The van der Waals surface area contributed by atoms with Gasteiger partial charge in [-0.1, -0.05) is 72.3 Å². The van der Waals surface area contributed by atoms with Crippen molar-refractivity contribution in [3.63, 3.8) is 0 Å². The summed E-state index contributed by atoms with van der Waals surface area (Å²) in [7, 11) is 0. The van der Waals surface area contributed by atoms with Crippen LogP contribution in [0.25, 0.3) is 27.1 Å². The number of aliphatic hydroxyl groups is 1. The molecule has 0 fully saturated rings. The minimum Gasteiger partial charge on any atom is -1.00 e. The van der Waals surface area contributed by atoms with Crippen molar-refractivity contribution in [3.05, 3.63) is 95.6 Å². The van der Waals surface area contributed by atoms with E-state index in [4.69, 9.17) is 0 Å². The molecule has 30 heavy (non-hydrogen) atoms. The largest absolute Gasteiger partial charge is 1.00 e. The molecule has 4 aromatic rings. The molecule has 5 rings (SSSR count). The summed E-state index contributed by atoms with van der Waals surface area (Å²) in [5, 5.41) is 14.7. The second-order valence-electron chi connectivity index (χ2n) is 7.06. The molecule has 4 heteroatoms. The Balaban J connectivity index is 0.000000607. The van der Waals surface area contributed by atoms with Crippen LogP contribution in [0.5, 0.6) is 0 Å². The van der Waals surface area contributed by atoms with Gasteiger partial charge in [0, 0.05) is 12.5 Å². The maximum Gasteiger partial charge on any atom is 0.0471 e. The molecule has 0 saturated heterocycles. The van der Waals surface area contributed by atoms with Crippen molar-refractivity contribution in [2.75, 3.05) is 6.61 Å². The Bertz CT molecular complexity index is 1180. The Morgan fingerprint density at radius 3 is 2.30 bits per heavy atom. The van der Waals surface area contributed by atoms with E-state index >= 15 is 0 Å². The molecule has 0 spiro atoms. The summed E-state index contributed by atoms with van der Waals surface area (Å²) in [5.41, 5.74) is 5.25. The third kappa shape index (κ3) is 4.58. The SMILES string of the molecule is C[CH]=[Zr+2].OCCC1=CC(c2cccc3c2[cH-]c2ccccc23)c2ccccc21.[Cl-].[Cl-]. The molecule has 0 amide bonds.